The fraction of sp³-hybridized carbons (Fsp3) is 0. The Morgan fingerprint density at radius 1 is 0.392 bits per heavy atom. The van der Waals surface area contributed by atoms with E-state index in [0.29, 0.717) is 17.5 Å². The fourth-order valence-corrected chi connectivity index (χ4v) is 7.62. The maximum absolute atomic E-state index is 6.31. The minimum atomic E-state index is 0.557. The van der Waals surface area contributed by atoms with Crippen LogP contribution in [-0.2, 0) is 0 Å². The van der Waals surface area contributed by atoms with Crippen molar-refractivity contribution in [2.75, 3.05) is 0 Å². The lowest BCUT2D eigenvalue weighted by Crippen LogP contribution is -2.02. The summed E-state index contributed by atoms with van der Waals surface area (Å²) in [6, 6.07) is 53.8. The largest absolute Gasteiger partial charge is 0.456 e. The summed E-state index contributed by atoms with van der Waals surface area (Å²) in [5.74, 6) is 1.70. The molecule has 11 aromatic rings. The first-order valence-corrected chi connectivity index (χ1v) is 16.9. The molecule has 51 heavy (non-hydrogen) atoms. The summed E-state index contributed by atoms with van der Waals surface area (Å²) < 4.78 is 14.9. The zero-order valence-corrected chi connectivity index (χ0v) is 27.1. The van der Waals surface area contributed by atoms with Crippen LogP contribution in [0.25, 0.3) is 106 Å². The Hall–Kier alpha value is -7.05. The van der Waals surface area contributed by atoms with Crippen LogP contribution in [0.2, 0.25) is 0 Å². The van der Waals surface area contributed by atoms with Crippen molar-refractivity contribution in [1.82, 2.24) is 19.5 Å². The van der Waals surface area contributed by atoms with Gasteiger partial charge >= 0.3 is 0 Å². The summed E-state index contributed by atoms with van der Waals surface area (Å²) in [7, 11) is 0. The van der Waals surface area contributed by atoms with Crippen LogP contribution in [0, 0.1) is 0 Å². The number of nitrogens with zero attached hydrogens (tertiary/aromatic N) is 4. The van der Waals surface area contributed by atoms with Gasteiger partial charge in [0.05, 0.1) is 11.0 Å². The van der Waals surface area contributed by atoms with Crippen molar-refractivity contribution in [3.63, 3.8) is 0 Å². The Balaban J connectivity index is 1.23. The molecule has 4 heterocycles. The molecule has 11 rings (SSSR count). The lowest BCUT2D eigenvalue weighted by Gasteiger charge is -2.13. The van der Waals surface area contributed by atoms with E-state index in [9.17, 15) is 0 Å². The van der Waals surface area contributed by atoms with Crippen molar-refractivity contribution in [2.24, 2.45) is 0 Å². The molecule has 0 N–H and O–H groups in total. The average Bonchev–Trinajstić information content (AvgIpc) is 3.87. The summed E-state index contributed by atoms with van der Waals surface area (Å²) in [4.78, 5) is 15.7. The molecule has 0 aliphatic heterocycles. The first-order chi connectivity index (χ1) is 25.3. The molecule has 0 fully saturated rings. The van der Waals surface area contributed by atoms with Crippen LogP contribution < -0.4 is 0 Å². The lowest BCUT2D eigenvalue weighted by atomic mass is 10.0. The van der Waals surface area contributed by atoms with E-state index in [2.05, 4.69) is 102 Å². The molecular formula is C45H26N4O2. The van der Waals surface area contributed by atoms with E-state index in [1.807, 2.05) is 60.7 Å². The zero-order valence-electron chi connectivity index (χ0n) is 27.1. The Labute approximate surface area is 290 Å². The molecule has 6 heteroatoms. The van der Waals surface area contributed by atoms with Gasteiger partial charge in [-0.3, -0.25) is 0 Å². The highest BCUT2D eigenvalue weighted by molar-refractivity contribution is 6.14. The topological polar surface area (TPSA) is 69.9 Å². The number of fused-ring (bicyclic) bond motifs is 9. The number of rotatable bonds is 4. The van der Waals surface area contributed by atoms with Crippen molar-refractivity contribution in [3.8, 4) is 39.9 Å². The highest BCUT2D eigenvalue weighted by atomic mass is 16.3. The standard InChI is InChI=1S/C45H26N4O2/c1-2-12-28(13-3-1)49-36-20-7-4-14-29(36)32-17-10-19-35(42(32)49)45-47-43(27-24-25-31-30-15-5-8-21-37(30)51-40(31)26-27)46-44(48-45)34-18-11-23-39-41(34)33-16-6-9-22-38(33)50-39/h1-26H. The minimum Gasteiger partial charge on any atom is -0.456 e. The summed E-state index contributed by atoms with van der Waals surface area (Å²) in [6.07, 6.45) is 0. The van der Waals surface area contributed by atoms with Crippen molar-refractivity contribution in [1.29, 1.82) is 0 Å². The normalized spacial score (nSPS) is 11.9. The zero-order chi connectivity index (χ0) is 33.5. The summed E-state index contributed by atoms with van der Waals surface area (Å²) >= 11 is 0. The number of hydrogen-bond acceptors (Lipinski definition) is 5. The Bertz CT molecular complexity index is 3150. The Morgan fingerprint density at radius 3 is 1.84 bits per heavy atom. The number of hydrogen-bond donors (Lipinski definition) is 0. The first kappa shape index (κ1) is 27.9. The third-order valence-electron chi connectivity index (χ3n) is 9.87. The second-order valence-electron chi connectivity index (χ2n) is 12.8. The van der Waals surface area contributed by atoms with E-state index >= 15 is 0 Å². The van der Waals surface area contributed by atoms with Crippen molar-refractivity contribution >= 4 is 65.7 Å². The Morgan fingerprint density at radius 2 is 0.980 bits per heavy atom. The molecule has 238 valence electrons. The van der Waals surface area contributed by atoms with Gasteiger partial charge in [0.2, 0.25) is 0 Å². The van der Waals surface area contributed by atoms with Crippen LogP contribution in [0.4, 0.5) is 0 Å². The van der Waals surface area contributed by atoms with Crippen molar-refractivity contribution < 1.29 is 8.83 Å². The molecule has 0 spiro atoms. The van der Waals surface area contributed by atoms with Crippen molar-refractivity contribution in [3.05, 3.63) is 158 Å². The van der Waals surface area contributed by atoms with Gasteiger partial charge in [0.1, 0.15) is 22.3 Å². The molecule has 0 radical (unpaired) electrons. The fourth-order valence-electron chi connectivity index (χ4n) is 7.62. The molecular weight excluding hydrogens is 629 g/mol. The molecule has 4 aromatic heterocycles. The van der Waals surface area contributed by atoms with Crippen LogP contribution in [0.5, 0.6) is 0 Å². The lowest BCUT2D eigenvalue weighted by molar-refractivity contribution is 0.668. The second-order valence-corrected chi connectivity index (χ2v) is 12.8. The van der Waals surface area contributed by atoms with Gasteiger partial charge in [-0.05, 0) is 54.6 Å². The third-order valence-corrected chi connectivity index (χ3v) is 9.87. The number of benzene rings is 7. The van der Waals surface area contributed by atoms with Gasteiger partial charge in [-0.25, -0.2) is 15.0 Å². The predicted molar refractivity (Wildman–Crippen MR) is 205 cm³/mol. The molecule has 7 aromatic carbocycles. The van der Waals surface area contributed by atoms with Gasteiger partial charge in [-0.15, -0.1) is 0 Å². The Kier molecular flexibility index (Phi) is 5.86. The van der Waals surface area contributed by atoms with Crippen LogP contribution >= 0.6 is 0 Å². The average molecular weight is 655 g/mol. The van der Waals surface area contributed by atoms with Crippen LogP contribution in [0.1, 0.15) is 0 Å². The number of aromatic nitrogens is 4. The van der Waals surface area contributed by atoms with E-state index in [1.54, 1.807) is 0 Å². The smallest absolute Gasteiger partial charge is 0.166 e. The predicted octanol–water partition coefficient (Wildman–Crippen LogP) is 11.8. The second kappa shape index (κ2) is 10.7. The van der Waals surface area contributed by atoms with E-state index < -0.39 is 0 Å². The van der Waals surface area contributed by atoms with E-state index in [1.165, 1.54) is 0 Å². The van der Waals surface area contributed by atoms with Gasteiger partial charge < -0.3 is 13.4 Å². The highest BCUT2D eigenvalue weighted by Crippen LogP contribution is 2.40. The number of furan rings is 2. The summed E-state index contributed by atoms with van der Waals surface area (Å²) in [5, 5.41) is 6.41. The van der Waals surface area contributed by atoms with Gasteiger partial charge in [0, 0.05) is 54.7 Å². The highest BCUT2D eigenvalue weighted by Gasteiger charge is 2.22. The summed E-state index contributed by atoms with van der Waals surface area (Å²) in [6.45, 7) is 0. The molecule has 0 aliphatic carbocycles. The van der Waals surface area contributed by atoms with Crippen LogP contribution in [-0.4, -0.2) is 19.5 Å². The monoisotopic (exact) mass is 654 g/mol. The van der Waals surface area contributed by atoms with Crippen LogP contribution in [0.15, 0.2) is 167 Å². The third kappa shape index (κ3) is 4.20. The minimum absolute atomic E-state index is 0.557. The SMILES string of the molecule is c1ccc(-n2c3ccccc3c3cccc(-c4nc(-c5ccc6c(c5)oc5ccccc56)nc(-c5cccc6oc7ccccc7c56)n4)c32)cc1. The molecule has 6 nitrogen and oxygen atoms in total. The van der Waals surface area contributed by atoms with Gasteiger partial charge in [0.15, 0.2) is 17.5 Å². The molecule has 0 amide bonds. The van der Waals surface area contributed by atoms with Crippen molar-refractivity contribution in [2.45, 2.75) is 0 Å². The van der Waals surface area contributed by atoms with Gasteiger partial charge in [0.25, 0.3) is 0 Å². The number of para-hydroxylation sites is 5. The quantitative estimate of drug-likeness (QED) is 0.189. The van der Waals surface area contributed by atoms with Crippen LogP contribution in [0.3, 0.4) is 0 Å². The first-order valence-electron chi connectivity index (χ1n) is 16.9. The molecule has 0 saturated heterocycles. The molecule has 0 bridgehead atoms. The van der Waals surface area contributed by atoms with E-state index in [4.69, 9.17) is 23.8 Å². The molecule has 0 atom stereocenters. The maximum Gasteiger partial charge on any atom is 0.166 e. The summed E-state index contributed by atoms with van der Waals surface area (Å²) in [5.41, 5.74) is 9.08. The maximum atomic E-state index is 6.31. The van der Waals surface area contributed by atoms with Gasteiger partial charge in [-0.2, -0.15) is 0 Å². The molecule has 0 unspecified atom stereocenters. The van der Waals surface area contributed by atoms with E-state index in [0.717, 1.165) is 88.1 Å². The molecule has 0 saturated carbocycles. The van der Waals surface area contributed by atoms with Gasteiger partial charge in [-0.1, -0.05) is 103 Å². The molecule has 0 aliphatic rings. The van der Waals surface area contributed by atoms with E-state index in [-0.39, 0.29) is 0 Å².